The van der Waals surface area contributed by atoms with Crippen molar-refractivity contribution in [1.82, 2.24) is 14.9 Å². The number of hydrazine groups is 1. The molecule has 1 aromatic heterocycles. The van der Waals surface area contributed by atoms with Crippen molar-refractivity contribution < 1.29 is 0 Å². The molecule has 0 saturated carbocycles. The molecule has 0 bridgehead atoms. The van der Waals surface area contributed by atoms with Crippen LogP contribution in [-0.4, -0.2) is 48.1 Å². The fraction of sp³-hybridized carbons (Fsp3) is 0.438. The molecular formula is C16H20ClN5S. The predicted octanol–water partition coefficient (Wildman–Crippen LogP) is 3.33. The van der Waals surface area contributed by atoms with Crippen molar-refractivity contribution in [2.24, 2.45) is 0 Å². The number of rotatable bonds is 1. The Labute approximate surface area is 145 Å². The molecule has 0 atom stereocenters. The van der Waals surface area contributed by atoms with E-state index in [4.69, 9.17) is 16.6 Å². The first-order chi connectivity index (χ1) is 11.1. The zero-order valence-electron chi connectivity index (χ0n) is 13.3. The standard InChI is InChI=1S/C16H20ClN5S/c1-11-19-14-10-18-13-9-12(17)3-4-15(13)22(16(14)23-11)21-7-5-20(2)6-8-21/h3-4,9,18H,5-8,10H2,1-2H3. The third kappa shape index (κ3) is 2.80. The second-order valence-electron chi connectivity index (χ2n) is 6.07. The topological polar surface area (TPSA) is 34.6 Å². The number of fused-ring (bicyclic) bond motifs is 2. The number of hydrogen-bond donors (Lipinski definition) is 1. The van der Waals surface area contributed by atoms with Crippen molar-refractivity contribution in [3.05, 3.63) is 33.9 Å². The van der Waals surface area contributed by atoms with Gasteiger partial charge in [-0.3, -0.25) is 5.01 Å². The van der Waals surface area contributed by atoms with Gasteiger partial charge >= 0.3 is 0 Å². The van der Waals surface area contributed by atoms with Crippen molar-refractivity contribution in [3.8, 4) is 0 Å². The molecule has 1 aromatic carbocycles. The summed E-state index contributed by atoms with van der Waals surface area (Å²) in [5.74, 6) is 0. The maximum absolute atomic E-state index is 6.20. The Morgan fingerprint density at radius 1 is 1.22 bits per heavy atom. The quantitative estimate of drug-likeness (QED) is 0.854. The van der Waals surface area contributed by atoms with Gasteiger partial charge in [-0.05, 0) is 32.2 Å². The van der Waals surface area contributed by atoms with Gasteiger partial charge in [0.2, 0.25) is 0 Å². The lowest BCUT2D eigenvalue weighted by atomic mass is 10.2. The molecular weight excluding hydrogens is 330 g/mol. The molecule has 0 aliphatic carbocycles. The maximum atomic E-state index is 6.20. The third-order valence-corrected chi connectivity index (χ3v) is 5.60. The number of benzene rings is 1. The summed E-state index contributed by atoms with van der Waals surface area (Å²) in [5.41, 5.74) is 3.33. The number of hydrogen-bond acceptors (Lipinski definition) is 6. The third-order valence-electron chi connectivity index (χ3n) is 4.37. The van der Waals surface area contributed by atoms with Crippen molar-refractivity contribution in [2.75, 3.05) is 43.6 Å². The van der Waals surface area contributed by atoms with Crippen molar-refractivity contribution >= 4 is 39.3 Å². The number of thiazole rings is 1. The summed E-state index contributed by atoms with van der Waals surface area (Å²) < 4.78 is 0. The van der Waals surface area contributed by atoms with Crippen LogP contribution < -0.4 is 10.3 Å². The second kappa shape index (κ2) is 5.94. The Morgan fingerprint density at radius 3 is 2.78 bits per heavy atom. The van der Waals surface area contributed by atoms with E-state index in [1.165, 1.54) is 5.00 Å². The van der Waals surface area contributed by atoms with E-state index in [2.05, 4.69) is 40.3 Å². The normalized spacial score (nSPS) is 19.0. The van der Waals surface area contributed by atoms with Gasteiger partial charge in [0.05, 0.1) is 28.6 Å². The van der Waals surface area contributed by atoms with Crippen LogP contribution in [0, 0.1) is 6.92 Å². The molecule has 2 aliphatic heterocycles. The maximum Gasteiger partial charge on any atom is 0.136 e. The first-order valence-electron chi connectivity index (χ1n) is 7.85. The van der Waals surface area contributed by atoms with Gasteiger partial charge in [0.25, 0.3) is 0 Å². The molecule has 3 heterocycles. The van der Waals surface area contributed by atoms with Crippen molar-refractivity contribution in [1.29, 1.82) is 0 Å². The average Bonchev–Trinajstić information content (AvgIpc) is 2.83. The summed E-state index contributed by atoms with van der Waals surface area (Å²) in [6, 6.07) is 6.07. The van der Waals surface area contributed by atoms with Gasteiger partial charge in [-0.15, -0.1) is 0 Å². The summed E-state index contributed by atoms with van der Waals surface area (Å²) in [6.45, 7) is 6.96. The number of halogens is 1. The van der Waals surface area contributed by atoms with Crippen LogP contribution in [0.4, 0.5) is 16.4 Å². The van der Waals surface area contributed by atoms with Gasteiger partial charge in [0, 0.05) is 31.2 Å². The average molecular weight is 350 g/mol. The Morgan fingerprint density at radius 2 is 2.00 bits per heavy atom. The fourth-order valence-corrected chi connectivity index (χ4v) is 4.28. The number of aromatic nitrogens is 1. The molecule has 122 valence electrons. The molecule has 1 saturated heterocycles. The van der Waals surface area contributed by atoms with Gasteiger partial charge in [-0.1, -0.05) is 22.9 Å². The SMILES string of the molecule is Cc1nc2c(s1)N(N1CCN(C)CC1)c1ccc(Cl)cc1NC2. The second-order valence-corrected chi connectivity index (χ2v) is 7.69. The van der Waals surface area contributed by atoms with E-state index in [0.29, 0.717) is 0 Å². The number of anilines is 3. The number of nitrogens with zero attached hydrogens (tertiary/aromatic N) is 4. The van der Waals surface area contributed by atoms with Crippen LogP contribution in [0.2, 0.25) is 5.02 Å². The van der Waals surface area contributed by atoms with E-state index in [1.54, 1.807) is 11.3 Å². The Kier molecular flexibility index (Phi) is 3.93. The lowest BCUT2D eigenvalue weighted by molar-refractivity contribution is 0.155. The minimum absolute atomic E-state index is 0.733. The van der Waals surface area contributed by atoms with Gasteiger partial charge in [0.15, 0.2) is 0 Å². The lowest BCUT2D eigenvalue weighted by Crippen LogP contribution is -2.51. The predicted molar refractivity (Wildman–Crippen MR) is 96.8 cm³/mol. The number of aryl methyl sites for hydroxylation is 1. The van der Waals surface area contributed by atoms with Crippen LogP contribution in [0.3, 0.4) is 0 Å². The number of piperazine rings is 1. The molecule has 0 radical (unpaired) electrons. The van der Waals surface area contributed by atoms with Crippen LogP contribution in [0.1, 0.15) is 10.7 Å². The summed E-state index contributed by atoms with van der Waals surface area (Å²) in [7, 11) is 2.18. The molecule has 4 rings (SSSR count). The Balaban J connectivity index is 1.81. The largest absolute Gasteiger partial charge is 0.377 e. The highest BCUT2D eigenvalue weighted by atomic mass is 35.5. The summed E-state index contributed by atoms with van der Waals surface area (Å²) in [4.78, 5) is 7.09. The van der Waals surface area contributed by atoms with E-state index < -0.39 is 0 Å². The smallest absolute Gasteiger partial charge is 0.136 e. The lowest BCUT2D eigenvalue weighted by Gasteiger charge is -2.40. The summed E-state index contributed by atoms with van der Waals surface area (Å²) >= 11 is 7.96. The van der Waals surface area contributed by atoms with Crippen LogP contribution >= 0.6 is 22.9 Å². The molecule has 0 unspecified atom stereocenters. The number of likely N-dealkylation sites (N-methyl/N-ethyl adjacent to an activating group) is 1. The highest BCUT2D eigenvalue weighted by Gasteiger charge is 2.30. The Bertz CT molecular complexity index is 723. The first-order valence-corrected chi connectivity index (χ1v) is 9.04. The van der Waals surface area contributed by atoms with E-state index >= 15 is 0 Å². The van der Waals surface area contributed by atoms with Crippen molar-refractivity contribution in [2.45, 2.75) is 13.5 Å². The van der Waals surface area contributed by atoms with E-state index in [0.717, 1.165) is 59.8 Å². The van der Waals surface area contributed by atoms with E-state index in [-0.39, 0.29) is 0 Å². The van der Waals surface area contributed by atoms with Gasteiger partial charge in [-0.25, -0.2) is 9.99 Å². The van der Waals surface area contributed by atoms with Gasteiger partial charge in [0.1, 0.15) is 5.00 Å². The highest BCUT2D eigenvalue weighted by Crippen LogP contribution is 2.43. The summed E-state index contributed by atoms with van der Waals surface area (Å²) in [6.07, 6.45) is 0. The number of nitrogens with one attached hydrogen (secondary N) is 1. The zero-order chi connectivity index (χ0) is 16.0. The van der Waals surface area contributed by atoms with Crippen LogP contribution in [0.25, 0.3) is 0 Å². The molecule has 23 heavy (non-hydrogen) atoms. The first kappa shape index (κ1) is 15.2. The van der Waals surface area contributed by atoms with Crippen LogP contribution in [0.5, 0.6) is 0 Å². The highest BCUT2D eigenvalue weighted by molar-refractivity contribution is 7.15. The monoisotopic (exact) mass is 349 g/mol. The fourth-order valence-electron chi connectivity index (χ4n) is 3.14. The molecule has 1 N–H and O–H groups in total. The summed E-state index contributed by atoms with van der Waals surface area (Å²) in [5, 5.41) is 11.3. The van der Waals surface area contributed by atoms with Crippen molar-refractivity contribution in [3.63, 3.8) is 0 Å². The molecule has 7 heteroatoms. The molecule has 0 amide bonds. The zero-order valence-corrected chi connectivity index (χ0v) is 14.9. The van der Waals surface area contributed by atoms with Crippen LogP contribution in [0.15, 0.2) is 18.2 Å². The minimum Gasteiger partial charge on any atom is -0.377 e. The molecule has 2 aliphatic rings. The van der Waals surface area contributed by atoms with Crippen LogP contribution in [-0.2, 0) is 6.54 Å². The Hall–Kier alpha value is -1.34. The van der Waals surface area contributed by atoms with E-state index in [1.807, 2.05) is 12.1 Å². The molecule has 2 aromatic rings. The van der Waals surface area contributed by atoms with Gasteiger partial charge < -0.3 is 10.2 Å². The minimum atomic E-state index is 0.733. The van der Waals surface area contributed by atoms with Gasteiger partial charge in [-0.2, -0.15) is 0 Å². The molecule has 1 fully saturated rings. The molecule has 0 spiro atoms. The molecule has 5 nitrogen and oxygen atoms in total. The van der Waals surface area contributed by atoms with E-state index in [9.17, 15) is 0 Å².